The molecule has 0 radical (unpaired) electrons. The Kier molecular flexibility index (Phi) is 5.80. The molecule has 0 saturated heterocycles. The van der Waals surface area contributed by atoms with Gasteiger partial charge in [-0.05, 0) is 42.8 Å². The van der Waals surface area contributed by atoms with E-state index in [4.69, 9.17) is 27.9 Å². The summed E-state index contributed by atoms with van der Waals surface area (Å²) in [5.74, 6) is -0.716. The summed E-state index contributed by atoms with van der Waals surface area (Å²) >= 11 is 11.9. The number of rotatable bonds is 4. The van der Waals surface area contributed by atoms with Crippen molar-refractivity contribution in [3.8, 4) is 5.75 Å². The van der Waals surface area contributed by atoms with E-state index in [2.05, 4.69) is 5.10 Å². The number of ether oxygens (including phenoxy) is 1. The number of halogens is 5. The van der Waals surface area contributed by atoms with Crippen molar-refractivity contribution in [1.29, 1.82) is 0 Å². The number of benzene rings is 2. The molecule has 2 aromatic carbocycles. The minimum atomic E-state index is -5.06. The first-order valence-corrected chi connectivity index (χ1v) is 9.11. The van der Waals surface area contributed by atoms with Crippen molar-refractivity contribution in [3.05, 3.63) is 63.6 Å². The highest BCUT2D eigenvalue weighted by Gasteiger charge is 2.62. The maximum Gasteiger partial charge on any atom is 0.438 e. The quantitative estimate of drug-likeness (QED) is 0.714. The van der Waals surface area contributed by atoms with Gasteiger partial charge in [-0.25, -0.2) is 0 Å². The molecule has 1 aliphatic rings. The van der Waals surface area contributed by atoms with Crippen molar-refractivity contribution in [3.63, 3.8) is 0 Å². The van der Waals surface area contributed by atoms with E-state index in [9.17, 15) is 23.1 Å². The molecular formula is C19H15Cl2F3N2O3. The van der Waals surface area contributed by atoms with Gasteiger partial charge in [-0.3, -0.25) is 4.79 Å². The first kappa shape index (κ1) is 21.4. The third-order valence-electron chi connectivity index (χ3n) is 4.23. The topological polar surface area (TPSA) is 62.1 Å². The van der Waals surface area contributed by atoms with E-state index < -0.39 is 24.2 Å². The maximum absolute atomic E-state index is 13.3. The Balaban J connectivity index is 1.80. The van der Waals surface area contributed by atoms with Gasteiger partial charge in [0.2, 0.25) is 0 Å². The highest BCUT2D eigenvalue weighted by atomic mass is 35.5. The number of hydrazone groups is 1. The van der Waals surface area contributed by atoms with Gasteiger partial charge in [-0.1, -0.05) is 35.3 Å². The summed E-state index contributed by atoms with van der Waals surface area (Å²) in [5.41, 5.74) is -2.95. The second-order valence-corrected chi connectivity index (χ2v) is 7.35. The van der Waals surface area contributed by atoms with E-state index in [1.165, 1.54) is 31.2 Å². The minimum Gasteiger partial charge on any atom is -0.487 e. The minimum absolute atomic E-state index is 0.00459. The van der Waals surface area contributed by atoms with Gasteiger partial charge >= 0.3 is 6.18 Å². The molecule has 3 rings (SSSR count). The molecule has 1 aliphatic heterocycles. The number of carbonyl (C=O) groups excluding carboxylic acids is 1. The van der Waals surface area contributed by atoms with Crippen molar-refractivity contribution in [2.45, 2.75) is 31.9 Å². The van der Waals surface area contributed by atoms with Gasteiger partial charge in [0.1, 0.15) is 12.4 Å². The molecule has 0 spiro atoms. The fourth-order valence-electron chi connectivity index (χ4n) is 2.82. The molecule has 1 N–H and O–H groups in total. The Hall–Kier alpha value is -2.29. The number of amides is 1. The summed E-state index contributed by atoms with van der Waals surface area (Å²) in [4.78, 5) is 12.7. The normalized spacial score (nSPS) is 19.3. The molecule has 0 unspecified atom stereocenters. The highest BCUT2D eigenvalue weighted by molar-refractivity contribution is 6.35. The maximum atomic E-state index is 13.3. The fourth-order valence-corrected chi connectivity index (χ4v) is 3.29. The molecule has 0 aliphatic carbocycles. The lowest BCUT2D eigenvalue weighted by atomic mass is 10.1. The molecule has 29 heavy (non-hydrogen) atoms. The third-order valence-corrected chi connectivity index (χ3v) is 4.76. The van der Waals surface area contributed by atoms with Gasteiger partial charge in [0.15, 0.2) is 0 Å². The van der Waals surface area contributed by atoms with E-state index in [-0.39, 0.29) is 22.9 Å². The van der Waals surface area contributed by atoms with Crippen molar-refractivity contribution in [1.82, 2.24) is 5.01 Å². The standard InChI is InChI=1S/C19H15Cl2F3N2O3/c1-11-9-18(28,19(22,23)24)26(25-11)17(27)13-4-2-3-12(7-13)10-29-16-6-5-14(20)8-15(16)21/h2-8,28H,9-10H2,1H3/t18-/m1/s1. The zero-order chi connectivity index (χ0) is 21.4. The number of aliphatic hydroxyl groups is 1. The Morgan fingerprint density at radius 3 is 2.66 bits per heavy atom. The van der Waals surface area contributed by atoms with Crippen LogP contribution < -0.4 is 4.74 Å². The summed E-state index contributed by atoms with van der Waals surface area (Å²) in [5, 5.41) is 14.5. The lowest BCUT2D eigenvalue weighted by molar-refractivity contribution is -0.297. The van der Waals surface area contributed by atoms with Crippen LogP contribution in [0, 0.1) is 0 Å². The monoisotopic (exact) mass is 446 g/mol. The summed E-state index contributed by atoms with van der Waals surface area (Å²) < 4.78 is 45.6. The number of nitrogens with zero attached hydrogens (tertiary/aromatic N) is 2. The van der Waals surface area contributed by atoms with Crippen LogP contribution in [0.4, 0.5) is 13.2 Å². The second kappa shape index (κ2) is 7.85. The average Bonchev–Trinajstić information content (AvgIpc) is 2.96. The van der Waals surface area contributed by atoms with Crippen LogP contribution in [-0.4, -0.2) is 33.6 Å². The van der Waals surface area contributed by atoms with Gasteiger partial charge in [0, 0.05) is 22.7 Å². The summed E-state index contributed by atoms with van der Waals surface area (Å²) in [6.45, 7) is 1.32. The van der Waals surface area contributed by atoms with Crippen LogP contribution in [0.5, 0.6) is 5.75 Å². The molecule has 2 aromatic rings. The van der Waals surface area contributed by atoms with Crippen LogP contribution in [0.3, 0.4) is 0 Å². The zero-order valence-electron chi connectivity index (χ0n) is 15.0. The van der Waals surface area contributed by atoms with Gasteiger partial charge in [-0.15, -0.1) is 0 Å². The lowest BCUT2D eigenvalue weighted by Crippen LogP contribution is -2.56. The molecule has 154 valence electrons. The third kappa shape index (κ3) is 4.34. The van der Waals surface area contributed by atoms with Crippen molar-refractivity contribution >= 4 is 34.8 Å². The molecule has 10 heteroatoms. The molecule has 0 bridgehead atoms. The molecule has 5 nitrogen and oxygen atoms in total. The number of carbonyl (C=O) groups is 1. The average molecular weight is 447 g/mol. The number of alkyl halides is 3. The van der Waals surface area contributed by atoms with Gasteiger partial charge in [0.05, 0.1) is 5.02 Å². The summed E-state index contributed by atoms with van der Waals surface area (Å²) in [7, 11) is 0. The first-order valence-electron chi connectivity index (χ1n) is 8.36. The SMILES string of the molecule is CC1=NN(C(=O)c2cccc(COc3ccc(Cl)cc3Cl)c2)[C@](O)(C(F)(F)F)C1. The zero-order valence-corrected chi connectivity index (χ0v) is 16.5. The van der Waals surface area contributed by atoms with E-state index in [1.807, 2.05) is 0 Å². The molecule has 1 atom stereocenters. The van der Waals surface area contributed by atoms with Crippen molar-refractivity contribution in [2.24, 2.45) is 5.10 Å². The fraction of sp³-hybridized carbons (Fsp3) is 0.263. The van der Waals surface area contributed by atoms with Crippen molar-refractivity contribution in [2.75, 3.05) is 0 Å². The predicted octanol–water partition coefficient (Wildman–Crippen LogP) is 5.05. The second-order valence-electron chi connectivity index (χ2n) is 6.51. The molecule has 0 saturated carbocycles. The molecule has 1 amide bonds. The van der Waals surface area contributed by atoms with E-state index in [0.29, 0.717) is 21.4 Å². The smallest absolute Gasteiger partial charge is 0.438 e. The Morgan fingerprint density at radius 2 is 2.00 bits per heavy atom. The Morgan fingerprint density at radius 1 is 1.28 bits per heavy atom. The summed E-state index contributed by atoms with van der Waals surface area (Å²) in [6, 6.07) is 10.5. The van der Waals surface area contributed by atoms with Gasteiger partial charge in [-0.2, -0.15) is 23.3 Å². The van der Waals surface area contributed by atoms with Crippen molar-refractivity contribution < 1.29 is 27.8 Å². The Labute approximate surface area is 174 Å². The van der Waals surface area contributed by atoms with Gasteiger partial charge < -0.3 is 9.84 Å². The van der Waals surface area contributed by atoms with Crippen LogP contribution in [-0.2, 0) is 6.61 Å². The first-order chi connectivity index (χ1) is 13.5. The van der Waals surface area contributed by atoms with Crippen LogP contribution in [0.2, 0.25) is 10.0 Å². The molecule has 0 fully saturated rings. The predicted molar refractivity (Wildman–Crippen MR) is 102 cm³/mol. The van der Waals surface area contributed by atoms with Gasteiger partial charge in [0.25, 0.3) is 11.6 Å². The van der Waals surface area contributed by atoms with Crippen LogP contribution in [0.1, 0.15) is 29.3 Å². The summed E-state index contributed by atoms with van der Waals surface area (Å²) in [6.07, 6.45) is -5.86. The van der Waals surface area contributed by atoms with E-state index in [1.54, 1.807) is 18.2 Å². The number of hydrogen-bond acceptors (Lipinski definition) is 4. The number of hydrogen-bond donors (Lipinski definition) is 1. The molecule has 1 heterocycles. The Bertz CT molecular complexity index is 981. The lowest BCUT2D eigenvalue weighted by Gasteiger charge is -2.32. The van der Waals surface area contributed by atoms with Crippen LogP contribution >= 0.6 is 23.2 Å². The van der Waals surface area contributed by atoms with E-state index in [0.717, 1.165) is 0 Å². The largest absolute Gasteiger partial charge is 0.487 e. The van der Waals surface area contributed by atoms with Crippen LogP contribution in [0.25, 0.3) is 0 Å². The van der Waals surface area contributed by atoms with Crippen LogP contribution in [0.15, 0.2) is 47.6 Å². The molecule has 0 aromatic heterocycles. The molecular weight excluding hydrogens is 432 g/mol. The highest BCUT2D eigenvalue weighted by Crippen LogP contribution is 2.41. The van der Waals surface area contributed by atoms with E-state index >= 15 is 0 Å².